The van der Waals surface area contributed by atoms with Crippen molar-refractivity contribution in [1.82, 2.24) is 15.1 Å². The van der Waals surface area contributed by atoms with Crippen molar-refractivity contribution in [3.8, 4) is 16.9 Å². The average molecular weight is 573 g/mol. The lowest BCUT2D eigenvalue weighted by atomic mass is 9.41. The number of hydrogen-bond acceptors (Lipinski definition) is 6. The molecule has 3 aromatic rings. The monoisotopic (exact) mass is 572 g/mol. The minimum Gasteiger partial charge on any atom is -0.494 e. The summed E-state index contributed by atoms with van der Waals surface area (Å²) >= 11 is 0. The van der Waals surface area contributed by atoms with Crippen LogP contribution in [0.1, 0.15) is 97.2 Å². The van der Waals surface area contributed by atoms with E-state index >= 15 is 0 Å². The van der Waals surface area contributed by atoms with Crippen LogP contribution in [0.15, 0.2) is 47.1 Å². The molecule has 222 valence electrons. The number of alkyl halides is 1. The van der Waals surface area contributed by atoms with Crippen LogP contribution in [-0.2, 0) is 15.6 Å². The first kappa shape index (κ1) is 27.5. The van der Waals surface area contributed by atoms with E-state index in [-0.39, 0.29) is 22.2 Å². The van der Waals surface area contributed by atoms with E-state index in [9.17, 15) is 9.18 Å². The van der Waals surface area contributed by atoms with Crippen LogP contribution in [0.5, 0.6) is 5.75 Å². The van der Waals surface area contributed by atoms with Gasteiger partial charge < -0.3 is 9.26 Å². The van der Waals surface area contributed by atoms with Crippen LogP contribution >= 0.6 is 0 Å². The third-order valence-corrected chi connectivity index (χ3v) is 10.6. The van der Waals surface area contributed by atoms with Crippen LogP contribution in [0.25, 0.3) is 11.1 Å². The lowest BCUT2D eigenvalue weighted by Gasteiger charge is -2.65. The largest absolute Gasteiger partial charge is 0.494 e. The first-order chi connectivity index (χ1) is 20.0. The molecule has 0 radical (unpaired) electrons. The molecule has 0 unspecified atom stereocenters. The Morgan fingerprint density at radius 2 is 1.67 bits per heavy atom. The van der Waals surface area contributed by atoms with Crippen molar-refractivity contribution in [2.45, 2.75) is 102 Å². The number of carbonyl (C=O) groups excluding carboxylic acids is 1. The molecule has 7 nitrogen and oxygen atoms in total. The van der Waals surface area contributed by atoms with Crippen LogP contribution in [0.2, 0.25) is 0 Å². The first-order valence-electron chi connectivity index (χ1n) is 15.5. The molecule has 1 amide bonds. The Labute approximate surface area is 247 Å². The second-order valence-corrected chi connectivity index (χ2v) is 14.7. The van der Waals surface area contributed by atoms with Crippen LogP contribution in [0, 0.1) is 10.8 Å². The second-order valence-electron chi connectivity index (χ2n) is 14.7. The van der Waals surface area contributed by atoms with Gasteiger partial charge in [0.2, 0.25) is 11.8 Å². The number of aromatic nitrogens is 3. The standard InChI is InChI=1S/C34H41FN4O3/c1-5-41-25-8-6-23(7-9-25)24-10-17-36-26(18-24)39(29(40)33-19-34(35,20-33)21-33)22-31-11-14-32(15-12-31,16-13-31)27-37-28(42-38-27)30(2,3)4/h6-10,17-18H,5,11-16,19-22H2,1-4H3. The minimum absolute atomic E-state index is 0.00175. The topological polar surface area (TPSA) is 81.3 Å². The summed E-state index contributed by atoms with van der Waals surface area (Å²) in [5, 5.41) is 4.45. The molecule has 2 heterocycles. The van der Waals surface area contributed by atoms with Gasteiger partial charge in [-0.1, -0.05) is 38.1 Å². The van der Waals surface area contributed by atoms with Crippen molar-refractivity contribution in [3.63, 3.8) is 0 Å². The molecular weight excluding hydrogens is 531 g/mol. The quantitative estimate of drug-likeness (QED) is 0.281. The Hall–Kier alpha value is -3.29. The van der Waals surface area contributed by atoms with Gasteiger partial charge in [0.1, 0.15) is 17.2 Å². The third kappa shape index (κ3) is 4.44. The van der Waals surface area contributed by atoms with E-state index in [0.29, 0.717) is 44.1 Å². The summed E-state index contributed by atoms with van der Waals surface area (Å²) in [6.07, 6.45) is 8.75. The lowest BCUT2D eigenvalue weighted by Crippen LogP contribution is -2.71. The summed E-state index contributed by atoms with van der Waals surface area (Å²) in [7, 11) is 0. The average Bonchev–Trinajstić information content (AvgIpc) is 3.48. The lowest BCUT2D eigenvalue weighted by molar-refractivity contribution is -0.211. The fraction of sp³-hybridized carbons (Fsp3) is 0.588. The minimum atomic E-state index is -1.14. The van der Waals surface area contributed by atoms with Gasteiger partial charge in [-0.25, -0.2) is 9.37 Å². The number of fused-ring (bicyclic) bond motifs is 3. The highest BCUT2D eigenvalue weighted by Gasteiger charge is 2.73. The number of benzene rings is 1. The van der Waals surface area contributed by atoms with E-state index in [2.05, 4.69) is 25.9 Å². The zero-order valence-electron chi connectivity index (χ0n) is 25.2. The van der Waals surface area contributed by atoms with Crippen molar-refractivity contribution in [1.29, 1.82) is 0 Å². The Balaban J connectivity index is 1.15. The van der Waals surface area contributed by atoms with Gasteiger partial charge >= 0.3 is 0 Å². The Morgan fingerprint density at radius 1 is 1.00 bits per heavy atom. The van der Waals surface area contributed by atoms with Gasteiger partial charge in [0.25, 0.3) is 0 Å². The Morgan fingerprint density at radius 3 is 2.24 bits per heavy atom. The van der Waals surface area contributed by atoms with Gasteiger partial charge in [-0.3, -0.25) is 9.69 Å². The summed E-state index contributed by atoms with van der Waals surface area (Å²) in [6, 6.07) is 12.0. The molecule has 2 aromatic heterocycles. The molecular formula is C34H41FN4O3. The van der Waals surface area contributed by atoms with E-state index in [1.807, 2.05) is 48.2 Å². The molecule has 0 N–H and O–H groups in total. The van der Waals surface area contributed by atoms with Gasteiger partial charge in [0, 0.05) is 23.6 Å². The molecule has 6 aliphatic rings. The smallest absolute Gasteiger partial charge is 0.234 e. The number of halogens is 1. The molecule has 6 aliphatic carbocycles. The maximum atomic E-state index is 14.6. The van der Waals surface area contributed by atoms with E-state index in [1.54, 1.807) is 6.20 Å². The number of ether oxygens (including phenoxy) is 1. The summed E-state index contributed by atoms with van der Waals surface area (Å²) in [4.78, 5) is 25.7. The molecule has 0 aliphatic heterocycles. The van der Waals surface area contributed by atoms with Gasteiger partial charge in [0.05, 0.1) is 12.0 Å². The molecule has 6 saturated carbocycles. The number of amides is 1. The predicted octanol–water partition coefficient (Wildman–Crippen LogP) is 7.35. The highest BCUT2D eigenvalue weighted by Crippen LogP contribution is 2.70. The van der Waals surface area contributed by atoms with Crippen molar-refractivity contribution in [3.05, 3.63) is 54.3 Å². The summed E-state index contributed by atoms with van der Waals surface area (Å²) in [5.41, 5.74) is 0.104. The molecule has 6 fully saturated rings. The second kappa shape index (κ2) is 9.35. The van der Waals surface area contributed by atoms with Gasteiger partial charge in [-0.15, -0.1) is 0 Å². The van der Waals surface area contributed by atoms with Crippen molar-refractivity contribution in [2.75, 3.05) is 18.1 Å². The molecule has 0 atom stereocenters. The number of rotatable bonds is 8. The number of pyridine rings is 1. The number of carbonyl (C=O) groups is 1. The first-order valence-corrected chi connectivity index (χ1v) is 15.5. The van der Waals surface area contributed by atoms with Crippen LogP contribution in [0.4, 0.5) is 10.2 Å². The number of hydrogen-bond donors (Lipinski definition) is 0. The molecule has 9 rings (SSSR count). The van der Waals surface area contributed by atoms with Crippen LogP contribution < -0.4 is 9.64 Å². The zero-order valence-corrected chi connectivity index (χ0v) is 25.2. The summed E-state index contributed by atoms with van der Waals surface area (Å²) < 4.78 is 25.9. The fourth-order valence-corrected chi connectivity index (χ4v) is 8.00. The van der Waals surface area contributed by atoms with E-state index in [0.717, 1.165) is 61.2 Å². The van der Waals surface area contributed by atoms with Crippen molar-refractivity contribution in [2.24, 2.45) is 10.8 Å². The van der Waals surface area contributed by atoms with Crippen LogP contribution in [-0.4, -0.2) is 39.9 Å². The Kier molecular flexibility index (Phi) is 6.13. The SMILES string of the molecule is CCOc1ccc(-c2ccnc(N(CC34CCC(c5noc(C(C)(C)C)n5)(CC3)CC4)C(=O)C34CC(F)(C3)C4)c2)cc1. The fourth-order valence-electron chi connectivity index (χ4n) is 8.00. The van der Waals surface area contributed by atoms with E-state index in [1.165, 1.54) is 0 Å². The maximum Gasteiger partial charge on any atom is 0.234 e. The number of anilines is 1. The van der Waals surface area contributed by atoms with Gasteiger partial charge in [-0.2, -0.15) is 4.98 Å². The molecule has 0 spiro atoms. The van der Waals surface area contributed by atoms with Gasteiger partial charge in [0.15, 0.2) is 5.82 Å². The normalized spacial score (nSPS) is 31.3. The Bertz CT molecular complexity index is 1460. The van der Waals surface area contributed by atoms with E-state index < -0.39 is 11.1 Å². The molecule has 1 aromatic carbocycles. The van der Waals surface area contributed by atoms with Crippen LogP contribution in [0.3, 0.4) is 0 Å². The maximum absolute atomic E-state index is 14.6. The van der Waals surface area contributed by atoms with Crippen molar-refractivity contribution < 1.29 is 18.4 Å². The summed E-state index contributed by atoms with van der Waals surface area (Å²) in [6.45, 7) is 9.48. The van der Waals surface area contributed by atoms with E-state index in [4.69, 9.17) is 19.2 Å². The molecule has 42 heavy (non-hydrogen) atoms. The highest BCUT2D eigenvalue weighted by atomic mass is 19.1. The molecule has 4 bridgehead atoms. The third-order valence-electron chi connectivity index (χ3n) is 10.6. The molecule has 8 heteroatoms. The summed E-state index contributed by atoms with van der Waals surface area (Å²) in [5.74, 6) is 3.07. The predicted molar refractivity (Wildman–Crippen MR) is 158 cm³/mol. The highest BCUT2D eigenvalue weighted by molar-refractivity contribution is 6.00. The number of nitrogens with zero attached hydrogens (tertiary/aromatic N) is 4. The zero-order chi connectivity index (χ0) is 29.4. The van der Waals surface area contributed by atoms with Gasteiger partial charge in [-0.05, 0) is 106 Å². The molecule has 0 saturated heterocycles. The van der Waals surface area contributed by atoms with Crippen molar-refractivity contribution >= 4 is 11.7 Å².